The van der Waals surface area contributed by atoms with Gasteiger partial charge in [-0.25, -0.2) is 4.39 Å². The van der Waals surface area contributed by atoms with E-state index in [1.165, 1.54) is 11.0 Å². The highest BCUT2D eigenvalue weighted by Gasteiger charge is 2.18. The second-order valence-corrected chi connectivity index (χ2v) is 5.12. The van der Waals surface area contributed by atoms with Crippen LogP contribution in [-0.2, 0) is 4.74 Å². The van der Waals surface area contributed by atoms with E-state index in [1.54, 1.807) is 26.3 Å². The molecular weight excluding hydrogens is 273 g/mol. The summed E-state index contributed by atoms with van der Waals surface area (Å²) in [5, 5.41) is 3.23. The van der Waals surface area contributed by atoms with Crippen LogP contribution >= 0.6 is 0 Å². The maximum absolute atomic E-state index is 14.3. The molecule has 5 nitrogen and oxygen atoms in total. The third kappa shape index (κ3) is 3.92. The summed E-state index contributed by atoms with van der Waals surface area (Å²) in [6.45, 7) is 4.19. The van der Waals surface area contributed by atoms with Gasteiger partial charge in [0.05, 0.1) is 12.3 Å². The zero-order chi connectivity index (χ0) is 15.2. The van der Waals surface area contributed by atoms with Crippen molar-refractivity contribution in [3.05, 3.63) is 29.6 Å². The zero-order valence-electron chi connectivity index (χ0n) is 12.6. The van der Waals surface area contributed by atoms with E-state index in [0.717, 1.165) is 26.2 Å². The number of likely N-dealkylation sites (N-methyl/N-ethyl adjacent to an activating group) is 1. The Labute approximate surface area is 124 Å². The van der Waals surface area contributed by atoms with Crippen LogP contribution in [0.1, 0.15) is 10.4 Å². The fourth-order valence-corrected chi connectivity index (χ4v) is 2.35. The van der Waals surface area contributed by atoms with Gasteiger partial charge in [0.15, 0.2) is 0 Å². The second kappa shape index (κ2) is 7.38. The van der Waals surface area contributed by atoms with Crippen molar-refractivity contribution in [1.29, 1.82) is 0 Å². The molecule has 116 valence electrons. The van der Waals surface area contributed by atoms with E-state index in [2.05, 4.69) is 5.32 Å². The van der Waals surface area contributed by atoms with Crippen LogP contribution in [0.3, 0.4) is 0 Å². The predicted molar refractivity (Wildman–Crippen MR) is 80.3 cm³/mol. The molecule has 0 atom stereocenters. The second-order valence-electron chi connectivity index (χ2n) is 5.12. The molecule has 1 aromatic rings. The van der Waals surface area contributed by atoms with Crippen molar-refractivity contribution >= 4 is 11.6 Å². The minimum atomic E-state index is -0.345. The van der Waals surface area contributed by atoms with Crippen molar-refractivity contribution in [2.75, 3.05) is 58.4 Å². The normalized spacial score (nSPS) is 15.1. The summed E-state index contributed by atoms with van der Waals surface area (Å²) in [7, 11) is 3.27. The number of piperazine rings is 1. The summed E-state index contributed by atoms with van der Waals surface area (Å²) < 4.78 is 19.2. The summed E-state index contributed by atoms with van der Waals surface area (Å²) in [6, 6.07) is 4.70. The number of nitrogens with one attached hydrogen (secondary N) is 1. The molecule has 0 spiro atoms. The van der Waals surface area contributed by atoms with E-state index in [0.29, 0.717) is 24.4 Å². The van der Waals surface area contributed by atoms with E-state index in [-0.39, 0.29) is 11.7 Å². The minimum absolute atomic E-state index is 0.196. The van der Waals surface area contributed by atoms with Crippen LogP contribution in [0.15, 0.2) is 18.2 Å². The molecule has 0 unspecified atom stereocenters. The lowest BCUT2D eigenvalue weighted by atomic mass is 10.1. The van der Waals surface area contributed by atoms with Crippen LogP contribution in [-0.4, -0.2) is 64.3 Å². The molecule has 1 fully saturated rings. The van der Waals surface area contributed by atoms with Crippen molar-refractivity contribution < 1.29 is 13.9 Å². The summed E-state index contributed by atoms with van der Waals surface area (Å²) >= 11 is 0. The number of carbonyl (C=O) groups is 1. The van der Waals surface area contributed by atoms with Crippen molar-refractivity contribution in [3.8, 4) is 0 Å². The van der Waals surface area contributed by atoms with Gasteiger partial charge in [-0.15, -0.1) is 0 Å². The highest BCUT2D eigenvalue weighted by atomic mass is 19.1. The third-order valence-corrected chi connectivity index (χ3v) is 3.63. The molecule has 0 saturated carbocycles. The average molecular weight is 295 g/mol. The molecule has 0 aliphatic carbocycles. The Balaban J connectivity index is 2.09. The fraction of sp³-hybridized carbons (Fsp3) is 0.533. The summed E-state index contributed by atoms with van der Waals surface area (Å²) in [6.07, 6.45) is 0. The quantitative estimate of drug-likeness (QED) is 0.878. The molecule has 1 saturated heterocycles. The molecule has 6 heteroatoms. The SMILES string of the molecule is COCCN(C)C(=O)c1ccc(N2CCNCC2)c(F)c1. The molecule has 1 aromatic carbocycles. The van der Waals surface area contributed by atoms with Gasteiger partial charge >= 0.3 is 0 Å². The Hall–Kier alpha value is -1.66. The van der Waals surface area contributed by atoms with Gasteiger partial charge < -0.3 is 19.9 Å². The van der Waals surface area contributed by atoms with E-state index in [9.17, 15) is 9.18 Å². The number of amides is 1. The van der Waals surface area contributed by atoms with Gasteiger partial charge in [-0.05, 0) is 18.2 Å². The van der Waals surface area contributed by atoms with Crippen molar-refractivity contribution in [2.45, 2.75) is 0 Å². The lowest BCUT2D eigenvalue weighted by molar-refractivity contribution is 0.0744. The molecule has 1 aliphatic rings. The third-order valence-electron chi connectivity index (χ3n) is 3.63. The predicted octanol–water partition coefficient (Wildman–Crippen LogP) is 0.954. The molecule has 1 heterocycles. The number of hydrogen-bond donors (Lipinski definition) is 1. The van der Waals surface area contributed by atoms with Gasteiger partial charge in [0.2, 0.25) is 0 Å². The maximum atomic E-state index is 14.3. The highest BCUT2D eigenvalue weighted by Crippen LogP contribution is 2.21. The molecule has 1 amide bonds. The summed E-state index contributed by atoms with van der Waals surface area (Å²) in [5.41, 5.74) is 0.928. The van der Waals surface area contributed by atoms with Gasteiger partial charge in [-0.1, -0.05) is 0 Å². The maximum Gasteiger partial charge on any atom is 0.253 e. The van der Waals surface area contributed by atoms with Gasteiger partial charge in [0.25, 0.3) is 5.91 Å². The van der Waals surface area contributed by atoms with E-state index in [4.69, 9.17) is 4.74 Å². The highest BCUT2D eigenvalue weighted by molar-refractivity contribution is 5.94. The lowest BCUT2D eigenvalue weighted by Crippen LogP contribution is -2.43. The first-order valence-electron chi connectivity index (χ1n) is 7.13. The van der Waals surface area contributed by atoms with Crippen molar-refractivity contribution in [3.63, 3.8) is 0 Å². The van der Waals surface area contributed by atoms with Gasteiger partial charge in [-0.2, -0.15) is 0 Å². The Kier molecular flexibility index (Phi) is 5.52. The molecule has 0 bridgehead atoms. The minimum Gasteiger partial charge on any atom is -0.383 e. The van der Waals surface area contributed by atoms with E-state index < -0.39 is 0 Å². The number of hydrogen-bond acceptors (Lipinski definition) is 4. The summed E-state index contributed by atoms with van der Waals surface area (Å²) in [5.74, 6) is -0.541. The van der Waals surface area contributed by atoms with E-state index in [1.807, 2.05) is 4.90 Å². The standard InChI is InChI=1S/C15H22FN3O2/c1-18(9-10-21-2)15(20)12-3-4-14(13(16)11-12)19-7-5-17-6-8-19/h3-4,11,17H,5-10H2,1-2H3. The largest absolute Gasteiger partial charge is 0.383 e. The Morgan fingerprint density at radius 2 is 2.14 bits per heavy atom. The van der Waals surface area contributed by atoms with Crippen LogP contribution < -0.4 is 10.2 Å². The molecule has 21 heavy (non-hydrogen) atoms. The topological polar surface area (TPSA) is 44.8 Å². The number of rotatable bonds is 5. The van der Waals surface area contributed by atoms with Crippen molar-refractivity contribution in [1.82, 2.24) is 10.2 Å². The number of anilines is 1. The number of nitrogens with zero attached hydrogens (tertiary/aromatic N) is 2. The van der Waals surface area contributed by atoms with Crippen LogP contribution in [0.5, 0.6) is 0 Å². The number of ether oxygens (including phenoxy) is 1. The Bertz CT molecular complexity index is 490. The molecule has 1 aliphatic heterocycles. The molecule has 2 rings (SSSR count). The fourth-order valence-electron chi connectivity index (χ4n) is 2.35. The number of halogens is 1. The monoisotopic (exact) mass is 295 g/mol. The number of benzene rings is 1. The lowest BCUT2D eigenvalue weighted by Gasteiger charge is -2.29. The van der Waals surface area contributed by atoms with E-state index >= 15 is 0 Å². The van der Waals surface area contributed by atoms with Crippen LogP contribution in [0.4, 0.5) is 10.1 Å². The first kappa shape index (κ1) is 15.7. The van der Waals surface area contributed by atoms with Gasteiger partial charge in [-0.3, -0.25) is 4.79 Å². The van der Waals surface area contributed by atoms with Crippen molar-refractivity contribution in [2.24, 2.45) is 0 Å². The molecule has 0 aromatic heterocycles. The zero-order valence-corrected chi connectivity index (χ0v) is 12.6. The first-order valence-corrected chi connectivity index (χ1v) is 7.13. The van der Waals surface area contributed by atoms with Crippen LogP contribution in [0, 0.1) is 5.82 Å². The van der Waals surface area contributed by atoms with Crippen LogP contribution in [0.2, 0.25) is 0 Å². The smallest absolute Gasteiger partial charge is 0.253 e. The Morgan fingerprint density at radius 1 is 1.43 bits per heavy atom. The Morgan fingerprint density at radius 3 is 2.76 bits per heavy atom. The average Bonchev–Trinajstić information content (AvgIpc) is 2.52. The van der Waals surface area contributed by atoms with Gasteiger partial charge in [0.1, 0.15) is 5.82 Å². The molecule has 1 N–H and O–H groups in total. The number of carbonyl (C=O) groups excluding carboxylic acids is 1. The molecular formula is C15H22FN3O2. The first-order chi connectivity index (χ1) is 10.1. The number of methoxy groups -OCH3 is 1. The van der Waals surface area contributed by atoms with Crippen LogP contribution in [0.25, 0.3) is 0 Å². The molecule has 0 radical (unpaired) electrons. The van der Waals surface area contributed by atoms with Gasteiger partial charge in [0, 0.05) is 52.4 Å². The summed E-state index contributed by atoms with van der Waals surface area (Å²) in [4.78, 5) is 15.7.